The predicted octanol–water partition coefficient (Wildman–Crippen LogP) is 3.69. The van der Waals surface area contributed by atoms with Crippen molar-refractivity contribution in [3.05, 3.63) is 59.8 Å². The van der Waals surface area contributed by atoms with Crippen LogP contribution in [0.5, 0.6) is 17.2 Å². The minimum absolute atomic E-state index is 0.392. The molecule has 0 bridgehead atoms. The van der Waals surface area contributed by atoms with E-state index in [9.17, 15) is 5.11 Å². The van der Waals surface area contributed by atoms with Crippen LogP contribution in [0, 0.1) is 0 Å². The van der Waals surface area contributed by atoms with Gasteiger partial charge in [0.25, 0.3) is 0 Å². The molecule has 2 aromatic carbocycles. The smallest absolute Gasteiger partial charge is 0.161 e. The molecule has 3 heterocycles. The Morgan fingerprint density at radius 2 is 2.00 bits per heavy atom. The van der Waals surface area contributed by atoms with Gasteiger partial charge < -0.3 is 24.6 Å². The number of methoxy groups -OCH3 is 1. The molecule has 0 radical (unpaired) electrons. The molecule has 7 heteroatoms. The van der Waals surface area contributed by atoms with Gasteiger partial charge in [0.1, 0.15) is 19.0 Å². The Hall–Kier alpha value is -2.87. The van der Waals surface area contributed by atoms with Crippen molar-refractivity contribution in [3.63, 3.8) is 0 Å². The summed E-state index contributed by atoms with van der Waals surface area (Å²) >= 11 is 0. The van der Waals surface area contributed by atoms with Gasteiger partial charge in [-0.15, -0.1) is 0 Å². The first kappa shape index (κ1) is 22.9. The number of ether oxygens (including phenoxy) is 3. The first-order valence-corrected chi connectivity index (χ1v) is 12.2. The number of aliphatic hydroxyl groups is 1. The molecule has 5 rings (SSSR count). The number of rotatable bonds is 8. The van der Waals surface area contributed by atoms with Crippen LogP contribution in [0.2, 0.25) is 0 Å². The van der Waals surface area contributed by atoms with Crippen molar-refractivity contribution in [3.8, 4) is 17.2 Å². The van der Waals surface area contributed by atoms with E-state index in [1.807, 2.05) is 30.3 Å². The Labute approximate surface area is 200 Å². The average molecular weight is 464 g/mol. The molecule has 0 aliphatic carbocycles. The van der Waals surface area contributed by atoms with E-state index in [4.69, 9.17) is 14.2 Å². The Morgan fingerprint density at radius 1 is 1.12 bits per heavy atom. The van der Waals surface area contributed by atoms with Crippen LogP contribution in [0.1, 0.15) is 36.5 Å². The third-order valence-electron chi connectivity index (χ3n) is 6.81. The predicted molar refractivity (Wildman–Crippen MR) is 132 cm³/mol. The first-order valence-electron chi connectivity index (χ1n) is 12.2. The van der Waals surface area contributed by atoms with E-state index in [1.165, 1.54) is 12.0 Å². The summed E-state index contributed by atoms with van der Waals surface area (Å²) < 4.78 is 16.7. The zero-order valence-corrected chi connectivity index (χ0v) is 19.7. The largest absolute Gasteiger partial charge is 0.497 e. The number of hydrogen-bond donors (Lipinski definition) is 2. The van der Waals surface area contributed by atoms with Gasteiger partial charge in [0.2, 0.25) is 0 Å². The van der Waals surface area contributed by atoms with Crippen molar-refractivity contribution in [1.29, 1.82) is 0 Å². The van der Waals surface area contributed by atoms with Crippen LogP contribution in [0.4, 0.5) is 0 Å². The van der Waals surface area contributed by atoms with Crippen LogP contribution < -0.4 is 19.5 Å². The van der Waals surface area contributed by atoms with E-state index in [-0.39, 0.29) is 0 Å². The number of fused-ring (bicyclic) bond motifs is 2. The van der Waals surface area contributed by atoms with Crippen LogP contribution in [-0.4, -0.2) is 61.0 Å². The second-order valence-corrected chi connectivity index (χ2v) is 9.05. The second kappa shape index (κ2) is 10.6. The first-order chi connectivity index (χ1) is 16.7. The van der Waals surface area contributed by atoms with Crippen LogP contribution >= 0.6 is 0 Å². The molecule has 2 aliphatic rings. The number of nitrogens with one attached hydrogen (secondary N) is 1. The van der Waals surface area contributed by atoms with Gasteiger partial charge in [-0.25, -0.2) is 0 Å². The number of aromatic nitrogens is 1. The molecule has 180 valence electrons. The molecular weight excluding hydrogens is 430 g/mol. The number of hydrogen-bond acceptors (Lipinski definition) is 7. The lowest BCUT2D eigenvalue weighted by Gasteiger charge is -2.37. The Balaban J connectivity index is 1.22. The van der Waals surface area contributed by atoms with Gasteiger partial charge >= 0.3 is 0 Å². The fourth-order valence-electron chi connectivity index (χ4n) is 5.00. The lowest BCUT2D eigenvalue weighted by Crippen LogP contribution is -2.47. The highest BCUT2D eigenvalue weighted by atomic mass is 16.6. The van der Waals surface area contributed by atoms with Gasteiger partial charge in [0, 0.05) is 37.3 Å². The van der Waals surface area contributed by atoms with Gasteiger partial charge in [-0.3, -0.25) is 9.88 Å². The molecule has 2 aliphatic heterocycles. The molecule has 1 unspecified atom stereocenters. The van der Waals surface area contributed by atoms with E-state index in [1.54, 1.807) is 13.3 Å². The third kappa shape index (κ3) is 5.12. The number of piperidine rings is 1. The zero-order valence-electron chi connectivity index (χ0n) is 19.7. The fraction of sp³-hybridized carbons (Fsp3) is 0.444. The van der Waals surface area contributed by atoms with Crippen LogP contribution in [0.3, 0.4) is 0 Å². The monoisotopic (exact) mass is 463 g/mol. The van der Waals surface area contributed by atoms with Crippen molar-refractivity contribution >= 4 is 10.9 Å². The highest BCUT2D eigenvalue weighted by Gasteiger charge is 2.25. The van der Waals surface area contributed by atoms with Crippen LogP contribution in [-0.2, 0) is 6.54 Å². The molecule has 2 atom stereocenters. The molecule has 3 aromatic rings. The Kier molecular flexibility index (Phi) is 7.13. The molecule has 1 aromatic heterocycles. The number of likely N-dealkylation sites (tertiary alicyclic amines) is 1. The van der Waals surface area contributed by atoms with Gasteiger partial charge in [0.15, 0.2) is 11.5 Å². The molecule has 2 N–H and O–H groups in total. The van der Waals surface area contributed by atoms with Crippen molar-refractivity contribution in [2.45, 2.75) is 38.0 Å². The maximum atomic E-state index is 11.2. The highest BCUT2D eigenvalue weighted by Crippen LogP contribution is 2.31. The summed E-state index contributed by atoms with van der Waals surface area (Å²) in [6.45, 7) is 4.47. The van der Waals surface area contributed by atoms with Crippen LogP contribution in [0.15, 0.2) is 48.7 Å². The van der Waals surface area contributed by atoms with E-state index < -0.39 is 6.10 Å². The number of aliphatic hydroxyl groups excluding tert-OH is 1. The maximum absolute atomic E-state index is 11.2. The van der Waals surface area contributed by atoms with Crippen molar-refractivity contribution < 1.29 is 19.3 Å². The number of benzene rings is 2. The number of β-amino-alcohol motifs (C(OH)–C–C–N with tert-alkyl or cyclic N) is 1. The summed E-state index contributed by atoms with van der Waals surface area (Å²) in [6, 6.07) is 14.3. The van der Waals surface area contributed by atoms with Crippen LogP contribution in [0.25, 0.3) is 10.9 Å². The quantitative estimate of drug-likeness (QED) is 0.528. The standard InChI is InChI=1S/C27H33N3O4/c1-32-21-6-7-24-23(15-21)22(9-10-29-24)25(31)18-30-11-3-2-4-20(30)17-28-16-19-5-8-26-27(14-19)34-13-12-33-26/h5-10,14-15,20,25,28,31H,2-4,11-13,16-18H2,1H3/t20?,25-/m1/s1. The molecule has 1 fully saturated rings. The number of pyridine rings is 1. The van der Waals surface area contributed by atoms with Crippen molar-refractivity contribution in [2.75, 3.05) is 40.0 Å². The lowest BCUT2D eigenvalue weighted by atomic mass is 9.98. The SMILES string of the molecule is COc1ccc2nccc([C@H](O)CN3CCCCC3CNCc3ccc4c(c3)OCCO4)c2c1. The van der Waals surface area contributed by atoms with Gasteiger partial charge in [0.05, 0.1) is 18.7 Å². The summed E-state index contributed by atoms with van der Waals surface area (Å²) in [6.07, 6.45) is 4.70. The summed E-state index contributed by atoms with van der Waals surface area (Å²) in [5, 5.41) is 15.8. The van der Waals surface area contributed by atoms with Gasteiger partial charge in [-0.2, -0.15) is 0 Å². The van der Waals surface area contributed by atoms with E-state index >= 15 is 0 Å². The molecule has 1 saturated heterocycles. The molecule has 7 nitrogen and oxygen atoms in total. The summed E-state index contributed by atoms with van der Waals surface area (Å²) in [7, 11) is 1.66. The maximum Gasteiger partial charge on any atom is 0.161 e. The zero-order chi connectivity index (χ0) is 23.3. The van der Waals surface area contributed by atoms with Crippen molar-refractivity contribution in [1.82, 2.24) is 15.2 Å². The molecular formula is C27H33N3O4. The highest BCUT2D eigenvalue weighted by molar-refractivity contribution is 5.83. The fourth-order valence-corrected chi connectivity index (χ4v) is 5.00. The van der Waals surface area contributed by atoms with E-state index in [0.29, 0.717) is 25.8 Å². The van der Waals surface area contributed by atoms with Crippen molar-refractivity contribution in [2.24, 2.45) is 0 Å². The van der Waals surface area contributed by atoms with E-state index in [0.717, 1.165) is 66.2 Å². The molecule has 0 amide bonds. The second-order valence-electron chi connectivity index (χ2n) is 9.05. The molecule has 34 heavy (non-hydrogen) atoms. The van der Waals surface area contributed by atoms with Gasteiger partial charge in [-0.05, 0) is 66.9 Å². The average Bonchev–Trinajstić information content (AvgIpc) is 2.89. The van der Waals surface area contributed by atoms with E-state index in [2.05, 4.69) is 27.3 Å². The minimum Gasteiger partial charge on any atom is -0.497 e. The summed E-state index contributed by atoms with van der Waals surface area (Å²) in [5.74, 6) is 2.42. The summed E-state index contributed by atoms with van der Waals surface area (Å²) in [5.41, 5.74) is 2.95. The van der Waals surface area contributed by atoms with Gasteiger partial charge in [-0.1, -0.05) is 12.5 Å². The lowest BCUT2D eigenvalue weighted by molar-refractivity contribution is 0.0673. The Morgan fingerprint density at radius 3 is 2.88 bits per heavy atom. The molecule has 0 spiro atoms. The number of nitrogens with zero attached hydrogens (tertiary/aromatic N) is 2. The summed E-state index contributed by atoms with van der Waals surface area (Å²) in [4.78, 5) is 6.88. The minimum atomic E-state index is -0.587. The third-order valence-corrected chi connectivity index (χ3v) is 6.81. The Bertz CT molecular complexity index is 1120. The molecule has 0 saturated carbocycles. The topological polar surface area (TPSA) is 76.1 Å². The normalized spacial score (nSPS) is 19.2.